The van der Waals surface area contributed by atoms with Gasteiger partial charge in [0.25, 0.3) is 0 Å². The standard InChI is InChI=1S/C13H21N3O2/c1-10(2)16-12-5-3-4-11(8-12)9-15-13(18)14-6-7-17/h3-5,8,10,16-17H,6-7,9H2,1-2H3,(H2,14,15,18). The highest BCUT2D eigenvalue weighted by Crippen LogP contribution is 2.11. The van der Waals surface area contributed by atoms with E-state index in [-0.39, 0.29) is 19.2 Å². The maximum absolute atomic E-state index is 11.3. The monoisotopic (exact) mass is 251 g/mol. The molecule has 0 saturated heterocycles. The molecule has 1 aromatic carbocycles. The van der Waals surface area contributed by atoms with Gasteiger partial charge in [0.05, 0.1) is 6.61 Å². The van der Waals surface area contributed by atoms with Gasteiger partial charge in [-0.1, -0.05) is 12.1 Å². The summed E-state index contributed by atoms with van der Waals surface area (Å²) < 4.78 is 0. The van der Waals surface area contributed by atoms with Crippen LogP contribution in [0.2, 0.25) is 0 Å². The Morgan fingerprint density at radius 1 is 1.33 bits per heavy atom. The topological polar surface area (TPSA) is 73.4 Å². The molecule has 0 aliphatic rings. The minimum atomic E-state index is -0.272. The van der Waals surface area contributed by atoms with E-state index in [1.165, 1.54) is 0 Å². The van der Waals surface area contributed by atoms with E-state index >= 15 is 0 Å². The summed E-state index contributed by atoms with van der Waals surface area (Å²) in [6, 6.07) is 8.01. The van der Waals surface area contributed by atoms with Crippen molar-refractivity contribution in [2.24, 2.45) is 0 Å². The molecule has 0 bridgehead atoms. The lowest BCUT2D eigenvalue weighted by atomic mass is 10.2. The molecule has 0 aliphatic heterocycles. The van der Waals surface area contributed by atoms with E-state index in [1.54, 1.807) is 0 Å². The average molecular weight is 251 g/mol. The van der Waals surface area contributed by atoms with Crippen LogP contribution in [0.25, 0.3) is 0 Å². The van der Waals surface area contributed by atoms with Crippen molar-refractivity contribution in [2.75, 3.05) is 18.5 Å². The van der Waals surface area contributed by atoms with Gasteiger partial charge in [0.1, 0.15) is 0 Å². The van der Waals surface area contributed by atoms with E-state index < -0.39 is 0 Å². The number of hydrogen-bond donors (Lipinski definition) is 4. The molecule has 0 aromatic heterocycles. The Morgan fingerprint density at radius 2 is 2.11 bits per heavy atom. The predicted molar refractivity (Wildman–Crippen MR) is 72.5 cm³/mol. The van der Waals surface area contributed by atoms with Crippen molar-refractivity contribution >= 4 is 11.7 Å². The van der Waals surface area contributed by atoms with Gasteiger partial charge in [0.2, 0.25) is 0 Å². The molecule has 0 fully saturated rings. The minimum Gasteiger partial charge on any atom is -0.395 e. The minimum absolute atomic E-state index is 0.0544. The number of aliphatic hydroxyl groups excluding tert-OH is 1. The Morgan fingerprint density at radius 3 is 2.78 bits per heavy atom. The third-order valence-electron chi connectivity index (χ3n) is 2.23. The summed E-state index contributed by atoms with van der Waals surface area (Å²) in [6.45, 7) is 4.83. The fourth-order valence-corrected chi connectivity index (χ4v) is 1.52. The number of urea groups is 1. The average Bonchev–Trinajstić information content (AvgIpc) is 2.33. The molecule has 0 unspecified atom stereocenters. The number of benzene rings is 1. The van der Waals surface area contributed by atoms with Crippen molar-refractivity contribution in [1.82, 2.24) is 10.6 Å². The molecule has 18 heavy (non-hydrogen) atoms. The van der Waals surface area contributed by atoms with E-state index in [4.69, 9.17) is 5.11 Å². The number of nitrogens with one attached hydrogen (secondary N) is 3. The maximum Gasteiger partial charge on any atom is 0.315 e. The number of hydrogen-bond acceptors (Lipinski definition) is 3. The van der Waals surface area contributed by atoms with Crippen LogP contribution in [0, 0.1) is 0 Å². The normalized spacial score (nSPS) is 10.2. The molecule has 4 N–H and O–H groups in total. The molecule has 0 aliphatic carbocycles. The first-order chi connectivity index (χ1) is 8.61. The van der Waals surface area contributed by atoms with Crippen LogP contribution in [0.4, 0.5) is 10.5 Å². The molecule has 1 aromatic rings. The summed E-state index contributed by atoms with van der Waals surface area (Å²) in [6.07, 6.45) is 0. The smallest absolute Gasteiger partial charge is 0.315 e. The zero-order valence-electron chi connectivity index (χ0n) is 10.9. The van der Waals surface area contributed by atoms with Crippen LogP contribution in [0.1, 0.15) is 19.4 Å². The van der Waals surface area contributed by atoms with Crippen molar-refractivity contribution in [3.05, 3.63) is 29.8 Å². The Hall–Kier alpha value is -1.75. The molecule has 0 spiro atoms. The maximum atomic E-state index is 11.3. The highest BCUT2D eigenvalue weighted by atomic mass is 16.3. The fraction of sp³-hybridized carbons (Fsp3) is 0.462. The molecular formula is C13H21N3O2. The molecular weight excluding hydrogens is 230 g/mol. The third kappa shape index (κ3) is 5.54. The molecule has 1 rings (SSSR count). The van der Waals surface area contributed by atoms with Crippen LogP contribution >= 0.6 is 0 Å². The van der Waals surface area contributed by atoms with E-state index in [9.17, 15) is 4.79 Å². The predicted octanol–water partition coefficient (Wildman–Crippen LogP) is 1.30. The lowest BCUT2D eigenvalue weighted by molar-refractivity contribution is 0.234. The molecule has 0 atom stereocenters. The number of aliphatic hydroxyl groups is 1. The second-order valence-corrected chi connectivity index (χ2v) is 4.33. The number of amides is 2. The highest BCUT2D eigenvalue weighted by molar-refractivity contribution is 5.73. The summed E-state index contributed by atoms with van der Waals surface area (Å²) in [4.78, 5) is 11.3. The van der Waals surface area contributed by atoms with Crippen molar-refractivity contribution in [1.29, 1.82) is 0 Å². The van der Waals surface area contributed by atoms with Crippen LogP contribution in [0.15, 0.2) is 24.3 Å². The van der Waals surface area contributed by atoms with E-state index in [1.807, 2.05) is 24.3 Å². The summed E-state index contributed by atoms with van der Waals surface area (Å²) in [7, 11) is 0. The number of anilines is 1. The van der Waals surface area contributed by atoms with Crippen LogP contribution < -0.4 is 16.0 Å². The van der Waals surface area contributed by atoms with Crippen LogP contribution in [0.5, 0.6) is 0 Å². The van der Waals surface area contributed by atoms with Gasteiger partial charge in [-0.05, 0) is 31.5 Å². The number of rotatable bonds is 6. The number of carbonyl (C=O) groups is 1. The molecule has 5 nitrogen and oxygen atoms in total. The SMILES string of the molecule is CC(C)Nc1cccc(CNC(=O)NCCO)c1. The summed E-state index contributed by atoms with van der Waals surface area (Å²) in [5.74, 6) is 0. The van der Waals surface area contributed by atoms with Gasteiger partial charge in [-0.3, -0.25) is 0 Å². The molecule has 2 amide bonds. The zero-order chi connectivity index (χ0) is 13.4. The molecule has 100 valence electrons. The Labute approximate surface area is 108 Å². The van der Waals surface area contributed by atoms with Crippen molar-refractivity contribution in [3.8, 4) is 0 Å². The Balaban J connectivity index is 2.44. The van der Waals surface area contributed by atoms with Crippen LogP contribution in [-0.2, 0) is 6.54 Å². The molecule has 0 radical (unpaired) electrons. The summed E-state index contributed by atoms with van der Waals surface area (Å²) in [5, 5.41) is 17.1. The van der Waals surface area contributed by atoms with Crippen LogP contribution in [0.3, 0.4) is 0 Å². The molecule has 0 saturated carbocycles. The zero-order valence-corrected chi connectivity index (χ0v) is 10.9. The summed E-state index contributed by atoms with van der Waals surface area (Å²) in [5.41, 5.74) is 2.07. The second kappa shape index (κ2) is 7.55. The first-order valence-electron chi connectivity index (χ1n) is 6.10. The molecule has 0 heterocycles. The van der Waals surface area contributed by atoms with E-state index in [2.05, 4.69) is 29.8 Å². The van der Waals surface area contributed by atoms with E-state index in [0.717, 1.165) is 11.3 Å². The van der Waals surface area contributed by atoms with Gasteiger partial charge in [-0.25, -0.2) is 4.79 Å². The second-order valence-electron chi connectivity index (χ2n) is 4.33. The molecule has 5 heteroatoms. The Bertz CT molecular complexity index is 380. The van der Waals surface area contributed by atoms with Crippen LogP contribution in [-0.4, -0.2) is 30.3 Å². The third-order valence-corrected chi connectivity index (χ3v) is 2.23. The van der Waals surface area contributed by atoms with Crippen molar-refractivity contribution < 1.29 is 9.90 Å². The van der Waals surface area contributed by atoms with E-state index in [0.29, 0.717) is 12.6 Å². The van der Waals surface area contributed by atoms with Crippen molar-refractivity contribution in [2.45, 2.75) is 26.4 Å². The summed E-state index contributed by atoms with van der Waals surface area (Å²) >= 11 is 0. The van der Waals surface area contributed by atoms with Gasteiger partial charge < -0.3 is 21.1 Å². The quantitative estimate of drug-likeness (QED) is 0.615. The van der Waals surface area contributed by atoms with Crippen molar-refractivity contribution in [3.63, 3.8) is 0 Å². The van der Waals surface area contributed by atoms with Gasteiger partial charge in [0.15, 0.2) is 0 Å². The van der Waals surface area contributed by atoms with Gasteiger partial charge in [-0.2, -0.15) is 0 Å². The first kappa shape index (κ1) is 14.3. The Kier molecular flexibility index (Phi) is 6.00. The fourth-order valence-electron chi connectivity index (χ4n) is 1.52. The van der Waals surface area contributed by atoms with Gasteiger partial charge >= 0.3 is 6.03 Å². The lowest BCUT2D eigenvalue weighted by Crippen LogP contribution is -2.36. The van der Waals surface area contributed by atoms with Gasteiger partial charge in [0, 0.05) is 24.8 Å². The largest absolute Gasteiger partial charge is 0.395 e. The van der Waals surface area contributed by atoms with Gasteiger partial charge in [-0.15, -0.1) is 0 Å². The number of carbonyl (C=O) groups excluding carboxylic acids is 1. The lowest BCUT2D eigenvalue weighted by Gasteiger charge is -2.12. The highest BCUT2D eigenvalue weighted by Gasteiger charge is 2.01. The first-order valence-corrected chi connectivity index (χ1v) is 6.10.